The number of carbonyl (C=O) groups is 6. The summed E-state index contributed by atoms with van der Waals surface area (Å²) >= 11 is 0. The Kier molecular flexibility index (Phi) is 9.42. The first-order valence-electron chi connectivity index (χ1n) is 17.2. The number of benzene rings is 1. The molecular weight excluding hydrogens is 664 g/mol. The lowest BCUT2D eigenvalue weighted by molar-refractivity contribution is -0.145. The van der Waals surface area contributed by atoms with Crippen LogP contribution in [0.25, 0.3) is 0 Å². The van der Waals surface area contributed by atoms with Crippen molar-refractivity contribution in [2.45, 2.75) is 104 Å². The van der Waals surface area contributed by atoms with E-state index in [0.29, 0.717) is 6.42 Å². The summed E-state index contributed by atoms with van der Waals surface area (Å²) in [4.78, 5) is 80.9. The Balaban J connectivity index is 1.34. The van der Waals surface area contributed by atoms with Crippen LogP contribution in [0.15, 0.2) is 29.2 Å². The normalized spacial score (nSPS) is 25.1. The molecule has 0 aromatic heterocycles. The first kappa shape index (κ1) is 37.3. The molecular formula is C35H50N6O8S. The van der Waals surface area contributed by atoms with Crippen LogP contribution in [-0.4, -0.2) is 90.3 Å². The minimum atomic E-state index is -4.14. The molecule has 50 heavy (non-hydrogen) atoms. The molecule has 5 N–H and O–H groups in total. The minimum absolute atomic E-state index is 0.0136. The SMILES string of the molecule is CC(C)(C)[C@H](NC(=O)N[C@H](CN1C(=O)c2ccccc2S1(=O)=O)C(C)(C)C)C(=O)N1C[C@H]2[C@@H]([C@H]1C(=O)NC(CC1CC1)C(=O)C(N)=O)C2(C)C. The molecule has 2 heterocycles. The van der Waals surface area contributed by atoms with Crippen molar-refractivity contribution in [3.8, 4) is 0 Å². The van der Waals surface area contributed by atoms with Crippen LogP contribution in [0.5, 0.6) is 0 Å². The van der Waals surface area contributed by atoms with Crippen LogP contribution in [0.3, 0.4) is 0 Å². The zero-order chi connectivity index (χ0) is 37.3. The molecule has 2 aliphatic carbocycles. The lowest BCUT2D eigenvalue weighted by Crippen LogP contribution is -2.62. The van der Waals surface area contributed by atoms with Gasteiger partial charge in [-0.25, -0.2) is 17.5 Å². The van der Waals surface area contributed by atoms with Gasteiger partial charge in [-0.2, -0.15) is 0 Å². The molecule has 6 amide bonds. The molecule has 2 aliphatic heterocycles. The van der Waals surface area contributed by atoms with Crippen LogP contribution in [0.2, 0.25) is 0 Å². The minimum Gasteiger partial charge on any atom is -0.363 e. The van der Waals surface area contributed by atoms with Gasteiger partial charge >= 0.3 is 6.03 Å². The van der Waals surface area contributed by atoms with Crippen molar-refractivity contribution >= 4 is 45.5 Å². The molecule has 1 aromatic rings. The van der Waals surface area contributed by atoms with Crippen molar-refractivity contribution in [1.82, 2.24) is 25.2 Å². The van der Waals surface area contributed by atoms with Gasteiger partial charge in [0.1, 0.15) is 17.0 Å². The van der Waals surface area contributed by atoms with Crippen molar-refractivity contribution in [3.63, 3.8) is 0 Å². The number of piperidine rings is 1. The number of nitrogens with zero attached hydrogens (tertiary/aromatic N) is 2. The molecule has 4 aliphatic rings. The van der Waals surface area contributed by atoms with E-state index in [0.717, 1.165) is 17.1 Å². The lowest BCUT2D eigenvalue weighted by Gasteiger charge is -2.39. The van der Waals surface area contributed by atoms with Crippen LogP contribution in [0.4, 0.5) is 4.79 Å². The summed E-state index contributed by atoms with van der Waals surface area (Å²) in [6.45, 7) is 14.7. The van der Waals surface area contributed by atoms with Gasteiger partial charge in [-0.1, -0.05) is 80.4 Å². The first-order chi connectivity index (χ1) is 23.0. The van der Waals surface area contributed by atoms with Crippen molar-refractivity contribution < 1.29 is 37.2 Å². The Morgan fingerprint density at radius 3 is 2.12 bits per heavy atom. The molecule has 15 heteroatoms. The summed E-state index contributed by atoms with van der Waals surface area (Å²) in [7, 11) is -4.14. The monoisotopic (exact) mass is 714 g/mol. The highest BCUT2D eigenvalue weighted by molar-refractivity contribution is 7.90. The predicted molar refractivity (Wildman–Crippen MR) is 183 cm³/mol. The van der Waals surface area contributed by atoms with Crippen LogP contribution < -0.4 is 21.7 Å². The maximum absolute atomic E-state index is 14.4. The maximum atomic E-state index is 14.4. The molecule has 14 nitrogen and oxygen atoms in total. The fourth-order valence-corrected chi connectivity index (χ4v) is 9.00. The highest BCUT2D eigenvalue weighted by atomic mass is 32.2. The maximum Gasteiger partial charge on any atom is 0.315 e. The Hall–Kier alpha value is -4.01. The fraction of sp³-hybridized carbons (Fsp3) is 0.657. The number of rotatable bonds is 11. The van der Waals surface area contributed by atoms with Crippen LogP contribution in [0.1, 0.15) is 85.0 Å². The lowest BCUT2D eigenvalue weighted by atomic mass is 9.85. The number of hydrogen-bond donors (Lipinski definition) is 4. The molecule has 0 radical (unpaired) electrons. The Morgan fingerprint density at radius 1 is 0.960 bits per heavy atom. The summed E-state index contributed by atoms with van der Waals surface area (Å²) < 4.78 is 27.4. The average molecular weight is 715 g/mol. The van der Waals surface area contributed by atoms with Crippen LogP contribution in [-0.2, 0) is 29.2 Å². The largest absolute Gasteiger partial charge is 0.363 e. The van der Waals surface area contributed by atoms with Crippen LogP contribution >= 0.6 is 0 Å². The molecule has 6 atom stereocenters. The van der Waals surface area contributed by atoms with Crippen molar-refractivity contribution in [3.05, 3.63) is 29.8 Å². The number of likely N-dealkylation sites (tertiary alicyclic amines) is 1. The van der Waals surface area contributed by atoms with Gasteiger partial charge in [-0.15, -0.1) is 0 Å². The molecule has 1 unspecified atom stereocenters. The number of ketones is 1. The Bertz CT molecular complexity index is 1720. The van der Waals surface area contributed by atoms with Gasteiger partial charge in [0.25, 0.3) is 21.8 Å². The zero-order valence-electron chi connectivity index (χ0n) is 30.0. The number of fused-ring (bicyclic) bond motifs is 2. The molecule has 2 saturated carbocycles. The van der Waals surface area contributed by atoms with E-state index in [-0.39, 0.29) is 46.7 Å². The third kappa shape index (κ3) is 6.97. The van der Waals surface area contributed by atoms with Crippen molar-refractivity contribution in [2.24, 2.45) is 39.7 Å². The summed E-state index contributed by atoms with van der Waals surface area (Å²) in [6, 6.07) is 1.20. The van der Waals surface area contributed by atoms with Gasteiger partial charge in [-0.3, -0.25) is 24.0 Å². The highest BCUT2D eigenvalue weighted by Crippen LogP contribution is 2.65. The topological polar surface area (TPSA) is 205 Å². The zero-order valence-corrected chi connectivity index (χ0v) is 30.8. The number of hydrogen-bond acceptors (Lipinski definition) is 8. The third-order valence-electron chi connectivity index (χ3n) is 10.9. The summed E-state index contributed by atoms with van der Waals surface area (Å²) in [5.41, 5.74) is 3.57. The highest BCUT2D eigenvalue weighted by Gasteiger charge is 2.70. The standard InChI is InChI=1S/C35H50N6O8S/c1-33(2,3)23(17-41-30(45)19-11-9-10-12-22(19)50(41,48)49)38-32(47)39-27(34(4,5)6)31(46)40-16-20-24(35(20,7)8)25(40)29(44)37-21(15-18-13-14-18)26(42)28(36)43/h9-12,18,20-21,23-25,27H,13-17H2,1-8H3,(H2,36,43)(H,37,44)(H2,38,39,47)/t20-,21?,23+,24-,25-,27+/m0/s1. The molecule has 274 valence electrons. The van der Waals surface area contributed by atoms with Gasteiger partial charge in [0, 0.05) is 6.54 Å². The molecule has 1 saturated heterocycles. The fourth-order valence-electron chi connectivity index (χ4n) is 7.42. The van der Waals surface area contributed by atoms with E-state index in [1.807, 2.05) is 13.8 Å². The molecule has 0 bridgehead atoms. The van der Waals surface area contributed by atoms with Gasteiger partial charge < -0.3 is 26.6 Å². The Labute approximate surface area is 293 Å². The first-order valence-corrected chi connectivity index (χ1v) is 18.6. The average Bonchev–Trinajstić information content (AvgIpc) is 3.84. The number of carbonyl (C=O) groups excluding carboxylic acids is 6. The molecule has 3 fully saturated rings. The third-order valence-corrected chi connectivity index (χ3v) is 12.7. The second-order valence-corrected chi connectivity index (χ2v) is 18.9. The van der Waals surface area contributed by atoms with E-state index in [2.05, 4.69) is 16.0 Å². The summed E-state index contributed by atoms with van der Waals surface area (Å²) in [5.74, 6) is -3.70. The Morgan fingerprint density at radius 2 is 1.58 bits per heavy atom. The number of amides is 6. The van der Waals surface area contributed by atoms with Gasteiger partial charge in [-0.05, 0) is 52.6 Å². The molecule has 5 rings (SSSR count). The summed E-state index contributed by atoms with van der Waals surface area (Å²) in [6.07, 6.45) is 2.07. The number of nitrogens with two attached hydrogens (primary N) is 1. The number of sulfonamides is 1. The smallest absolute Gasteiger partial charge is 0.315 e. The van der Waals surface area contributed by atoms with E-state index in [9.17, 15) is 37.2 Å². The van der Waals surface area contributed by atoms with E-state index >= 15 is 0 Å². The van der Waals surface area contributed by atoms with Gasteiger partial charge in [0.2, 0.25) is 17.6 Å². The van der Waals surface area contributed by atoms with E-state index in [1.54, 1.807) is 47.6 Å². The summed E-state index contributed by atoms with van der Waals surface area (Å²) in [5, 5.41) is 8.34. The number of primary amides is 1. The number of urea groups is 1. The molecule has 1 aromatic carbocycles. The predicted octanol–water partition coefficient (Wildman–Crippen LogP) is 1.78. The van der Waals surface area contributed by atoms with E-state index in [4.69, 9.17) is 5.73 Å². The van der Waals surface area contributed by atoms with Crippen molar-refractivity contribution in [1.29, 1.82) is 0 Å². The number of nitrogens with one attached hydrogen (secondary N) is 3. The van der Waals surface area contributed by atoms with Gasteiger partial charge in [0.15, 0.2) is 0 Å². The van der Waals surface area contributed by atoms with Crippen LogP contribution in [0, 0.1) is 34.0 Å². The van der Waals surface area contributed by atoms with E-state index < -0.39 is 80.5 Å². The van der Waals surface area contributed by atoms with Crippen molar-refractivity contribution in [2.75, 3.05) is 13.1 Å². The van der Waals surface area contributed by atoms with E-state index in [1.165, 1.54) is 23.1 Å². The number of Topliss-reactive ketones (excluding diaryl/α,β-unsaturated/α-hetero) is 1. The quantitative estimate of drug-likeness (QED) is 0.248. The second kappa shape index (κ2) is 12.6. The molecule has 0 spiro atoms. The van der Waals surface area contributed by atoms with Gasteiger partial charge in [0.05, 0.1) is 24.2 Å². The second-order valence-electron chi connectivity index (χ2n) is 17.0.